The van der Waals surface area contributed by atoms with E-state index in [4.69, 9.17) is 9.84 Å². The molecule has 0 bridgehead atoms. The summed E-state index contributed by atoms with van der Waals surface area (Å²) in [4.78, 5) is 24.4. The third kappa shape index (κ3) is 4.37. The first-order valence-electron chi connectivity index (χ1n) is 6.18. The third-order valence-corrected chi connectivity index (χ3v) is 2.92. The average Bonchev–Trinajstić information content (AvgIpc) is 2.43. The molecule has 104 valence electrons. The highest BCUT2D eigenvalue weighted by atomic mass is 16.5. The Labute approximate surface area is 112 Å². The molecule has 1 N–H and O–H groups in total. The molecule has 1 aromatic rings. The van der Waals surface area contributed by atoms with Crippen molar-refractivity contribution in [1.29, 1.82) is 0 Å². The van der Waals surface area contributed by atoms with Gasteiger partial charge in [-0.2, -0.15) is 0 Å². The molecular weight excluding hydrogens is 246 g/mol. The van der Waals surface area contributed by atoms with Crippen molar-refractivity contribution in [2.75, 3.05) is 20.2 Å². The van der Waals surface area contributed by atoms with E-state index >= 15 is 0 Å². The van der Waals surface area contributed by atoms with E-state index in [1.807, 2.05) is 37.3 Å². The van der Waals surface area contributed by atoms with Crippen LogP contribution >= 0.6 is 0 Å². The number of nitrogens with zero attached hydrogens (tertiary/aromatic N) is 1. The highest BCUT2D eigenvalue weighted by molar-refractivity contribution is 5.77. The maximum Gasteiger partial charge on any atom is 0.327 e. The Hall–Kier alpha value is -1.88. The quantitative estimate of drug-likeness (QED) is 0.760. The molecule has 5 nitrogen and oxygen atoms in total. The second-order valence-electron chi connectivity index (χ2n) is 4.11. The topological polar surface area (TPSA) is 66.8 Å². The van der Waals surface area contributed by atoms with Crippen molar-refractivity contribution in [3.05, 3.63) is 35.9 Å². The number of ether oxygens (including phenoxy) is 1. The number of carboxylic acid groups (broad SMARTS) is 1. The maximum atomic E-state index is 11.9. The zero-order chi connectivity index (χ0) is 14.3. The normalized spacial score (nSPS) is 12.2. The number of methoxy groups -OCH3 is 1. The molecule has 5 heteroatoms. The molecule has 0 aliphatic rings. The van der Waals surface area contributed by atoms with Gasteiger partial charge >= 0.3 is 11.9 Å². The van der Waals surface area contributed by atoms with Crippen LogP contribution in [0.25, 0.3) is 0 Å². The first kappa shape index (κ1) is 15.2. The van der Waals surface area contributed by atoms with E-state index in [1.165, 1.54) is 7.11 Å². The van der Waals surface area contributed by atoms with Gasteiger partial charge in [0.15, 0.2) is 0 Å². The molecule has 1 rings (SSSR count). The predicted molar refractivity (Wildman–Crippen MR) is 70.7 cm³/mol. The summed E-state index contributed by atoms with van der Waals surface area (Å²) >= 11 is 0. The van der Waals surface area contributed by atoms with Crippen molar-refractivity contribution < 1.29 is 19.4 Å². The van der Waals surface area contributed by atoms with Crippen LogP contribution in [0.1, 0.15) is 24.9 Å². The van der Waals surface area contributed by atoms with Gasteiger partial charge < -0.3 is 9.84 Å². The van der Waals surface area contributed by atoms with Crippen LogP contribution in [0.15, 0.2) is 30.3 Å². The lowest BCUT2D eigenvalue weighted by molar-refractivity contribution is -0.148. The Morgan fingerprint density at radius 2 is 1.95 bits per heavy atom. The zero-order valence-electron chi connectivity index (χ0n) is 11.2. The van der Waals surface area contributed by atoms with Crippen molar-refractivity contribution in [3.8, 4) is 0 Å². The molecule has 1 aromatic carbocycles. The standard InChI is InChI=1S/C14H19NO4/c1-3-15(10-9-12(16)17)13(14(18)19-2)11-7-5-4-6-8-11/h4-8,13H,3,9-10H2,1-2H3,(H,16,17). The van der Waals surface area contributed by atoms with Gasteiger partial charge in [-0.1, -0.05) is 37.3 Å². The SMILES string of the molecule is CCN(CCC(=O)O)C(C(=O)OC)c1ccccc1. The van der Waals surface area contributed by atoms with Crippen LogP contribution in [0.5, 0.6) is 0 Å². The molecule has 0 heterocycles. The Morgan fingerprint density at radius 3 is 2.42 bits per heavy atom. The lowest BCUT2D eigenvalue weighted by Crippen LogP contribution is -2.36. The number of carboxylic acids is 1. The summed E-state index contributed by atoms with van der Waals surface area (Å²) < 4.78 is 4.83. The minimum atomic E-state index is -0.880. The number of rotatable bonds is 7. The number of aliphatic carboxylic acids is 1. The number of carbonyl (C=O) groups excluding carboxylic acids is 1. The Morgan fingerprint density at radius 1 is 1.32 bits per heavy atom. The first-order valence-corrected chi connectivity index (χ1v) is 6.18. The molecule has 0 aliphatic carbocycles. The van der Waals surface area contributed by atoms with Gasteiger partial charge in [-0.25, -0.2) is 4.79 Å². The Bertz CT molecular complexity index is 419. The van der Waals surface area contributed by atoms with E-state index in [1.54, 1.807) is 4.90 Å². The van der Waals surface area contributed by atoms with Gasteiger partial charge in [0, 0.05) is 6.54 Å². The maximum absolute atomic E-state index is 11.9. The second-order valence-corrected chi connectivity index (χ2v) is 4.11. The number of esters is 1. The highest BCUT2D eigenvalue weighted by Crippen LogP contribution is 2.22. The molecule has 19 heavy (non-hydrogen) atoms. The number of likely N-dealkylation sites (N-methyl/N-ethyl adjacent to an activating group) is 1. The lowest BCUT2D eigenvalue weighted by Gasteiger charge is -2.28. The summed E-state index contributed by atoms with van der Waals surface area (Å²) in [6, 6.07) is 8.67. The molecule has 0 amide bonds. The van der Waals surface area contributed by atoms with Crippen LogP contribution in [0.3, 0.4) is 0 Å². The lowest BCUT2D eigenvalue weighted by atomic mass is 10.1. The summed E-state index contributed by atoms with van der Waals surface area (Å²) in [5.74, 6) is -1.26. The Balaban J connectivity index is 2.94. The average molecular weight is 265 g/mol. The van der Waals surface area contributed by atoms with Crippen LogP contribution in [-0.4, -0.2) is 42.1 Å². The van der Waals surface area contributed by atoms with Crippen LogP contribution in [0.2, 0.25) is 0 Å². The van der Waals surface area contributed by atoms with Crippen LogP contribution < -0.4 is 0 Å². The molecule has 1 atom stereocenters. The van der Waals surface area contributed by atoms with E-state index in [9.17, 15) is 9.59 Å². The van der Waals surface area contributed by atoms with Crippen molar-refractivity contribution in [2.24, 2.45) is 0 Å². The van der Waals surface area contributed by atoms with Gasteiger partial charge in [-0.05, 0) is 12.1 Å². The smallest absolute Gasteiger partial charge is 0.327 e. The van der Waals surface area contributed by atoms with Gasteiger partial charge in [0.1, 0.15) is 6.04 Å². The van der Waals surface area contributed by atoms with Gasteiger partial charge in [-0.3, -0.25) is 9.69 Å². The molecule has 0 aromatic heterocycles. The van der Waals surface area contributed by atoms with Gasteiger partial charge in [-0.15, -0.1) is 0 Å². The number of benzene rings is 1. The molecular formula is C14H19NO4. The van der Waals surface area contributed by atoms with Crippen molar-refractivity contribution in [1.82, 2.24) is 4.90 Å². The summed E-state index contributed by atoms with van der Waals surface area (Å²) in [6.07, 6.45) is -0.00579. The predicted octanol–water partition coefficient (Wildman–Crippen LogP) is 1.70. The van der Waals surface area contributed by atoms with Gasteiger partial charge in [0.2, 0.25) is 0 Å². The summed E-state index contributed by atoms with van der Waals surface area (Å²) in [5, 5.41) is 8.76. The van der Waals surface area contributed by atoms with Crippen molar-refractivity contribution >= 4 is 11.9 Å². The first-order chi connectivity index (χ1) is 9.10. The summed E-state index contributed by atoms with van der Waals surface area (Å²) in [7, 11) is 1.34. The molecule has 0 saturated carbocycles. The van der Waals surface area contributed by atoms with E-state index in [0.717, 1.165) is 5.56 Å². The molecule has 0 saturated heterocycles. The van der Waals surface area contributed by atoms with Gasteiger partial charge in [0.25, 0.3) is 0 Å². The van der Waals surface area contributed by atoms with Crippen molar-refractivity contribution in [2.45, 2.75) is 19.4 Å². The molecule has 1 unspecified atom stereocenters. The largest absolute Gasteiger partial charge is 0.481 e. The number of hydrogen-bond acceptors (Lipinski definition) is 4. The highest BCUT2D eigenvalue weighted by Gasteiger charge is 2.27. The molecule has 0 fully saturated rings. The number of carbonyl (C=O) groups is 2. The minimum Gasteiger partial charge on any atom is -0.481 e. The van der Waals surface area contributed by atoms with E-state index in [-0.39, 0.29) is 12.4 Å². The van der Waals surface area contributed by atoms with E-state index < -0.39 is 12.0 Å². The van der Waals surface area contributed by atoms with Crippen molar-refractivity contribution in [3.63, 3.8) is 0 Å². The number of hydrogen-bond donors (Lipinski definition) is 1. The summed E-state index contributed by atoms with van der Waals surface area (Å²) in [6.45, 7) is 2.77. The second kappa shape index (κ2) is 7.53. The molecule has 0 aliphatic heterocycles. The zero-order valence-corrected chi connectivity index (χ0v) is 11.2. The monoisotopic (exact) mass is 265 g/mol. The fourth-order valence-corrected chi connectivity index (χ4v) is 1.95. The summed E-state index contributed by atoms with van der Waals surface area (Å²) in [5.41, 5.74) is 0.807. The van der Waals surface area contributed by atoms with E-state index in [0.29, 0.717) is 13.1 Å². The Kier molecular flexibility index (Phi) is 6.02. The van der Waals surface area contributed by atoms with Crippen LogP contribution in [0, 0.1) is 0 Å². The van der Waals surface area contributed by atoms with E-state index in [2.05, 4.69) is 0 Å². The van der Waals surface area contributed by atoms with Crippen LogP contribution in [0.4, 0.5) is 0 Å². The fourth-order valence-electron chi connectivity index (χ4n) is 1.95. The van der Waals surface area contributed by atoms with Gasteiger partial charge in [0.05, 0.1) is 13.5 Å². The van der Waals surface area contributed by atoms with Crippen LogP contribution in [-0.2, 0) is 14.3 Å². The minimum absolute atomic E-state index is 0.00579. The molecule has 0 spiro atoms. The third-order valence-electron chi connectivity index (χ3n) is 2.92. The molecule has 0 radical (unpaired) electrons. The fraction of sp³-hybridized carbons (Fsp3) is 0.429.